The van der Waals surface area contributed by atoms with Crippen molar-refractivity contribution >= 4 is 0 Å². The first-order valence-corrected chi connectivity index (χ1v) is 7.25. The van der Waals surface area contributed by atoms with Crippen molar-refractivity contribution in [2.45, 2.75) is 56.0 Å². The standard InChI is InChI=1S/C15H18F6N2/c16-14(17,18)10-5-4-9(11(7-10)15(19,20)21)8-13(23)6-2-1-3-12(13)22/h4-5,7,12H,1-3,6,8,22-23H2. The lowest BCUT2D eigenvalue weighted by Crippen LogP contribution is -2.58. The van der Waals surface area contributed by atoms with E-state index >= 15 is 0 Å². The summed E-state index contributed by atoms with van der Waals surface area (Å²) in [5, 5.41) is 0. The summed E-state index contributed by atoms with van der Waals surface area (Å²) in [6.45, 7) is 0. The van der Waals surface area contributed by atoms with Crippen molar-refractivity contribution in [2.24, 2.45) is 11.5 Å². The zero-order valence-corrected chi connectivity index (χ0v) is 12.3. The molecule has 0 amide bonds. The van der Waals surface area contributed by atoms with Crippen molar-refractivity contribution in [1.82, 2.24) is 0 Å². The van der Waals surface area contributed by atoms with E-state index in [1.54, 1.807) is 0 Å². The van der Waals surface area contributed by atoms with Gasteiger partial charge in [0.2, 0.25) is 0 Å². The lowest BCUT2D eigenvalue weighted by Gasteiger charge is -2.40. The maximum absolute atomic E-state index is 13.2. The molecule has 0 aliphatic heterocycles. The van der Waals surface area contributed by atoms with Gasteiger partial charge in [0.05, 0.1) is 11.1 Å². The molecule has 2 rings (SSSR count). The Balaban J connectivity index is 2.42. The maximum Gasteiger partial charge on any atom is 0.416 e. The third-order valence-electron chi connectivity index (χ3n) is 4.41. The molecule has 1 aliphatic carbocycles. The Bertz CT molecular complexity index is 566. The molecular formula is C15H18F6N2. The number of nitrogens with two attached hydrogens (primary N) is 2. The summed E-state index contributed by atoms with van der Waals surface area (Å²) in [5.74, 6) is 0. The molecule has 0 radical (unpaired) electrons. The molecule has 4 N–H and O–H groups in total. The summed E-state index contributed by atoms with van der Waals surface area (Å²) in [5.41, 5.74) is 8.19. The second kappa shape index (κ2) is 5.98. The summed E-state index contributed by atoms with van der Waals surface area (Å²) in [4.78, 5) is 0. The van der Waals surface area contributed by atoms with Gasteiger partial charge in [-0.3, -0.25) is 0 Å². The van der Waals surface area contributed by atoms with Gasteiger partial charge in [0.25, 0.3) is 0 Å². The van der Waals surface area contributed by atoms with Gasteiger partial charge in [-0.1, -0.05) is 18.9 Å². The third kappa shape index (κ3) is 3.98. The largest absolute Gasteiger partial charge is 0.416 e. The van der Waals surface area contributed by atoms with E-state index in [1.807, 2.05) is 0 Å². The number of benzene rings is 1. The van der Waals surface area contributed by atoms with Crippen LogP contribution in [-0.2, 0) is 18.8 Å². The Morgan fingerprint density at radius 1 is 1.04 bits per heavy atom. The highest BCUT2D eigenvalue weighted by Crippen LogP contribution is 2.39. The van der Waals surface area contributed by atoms with Crippen molar-refractivity contribution in [2.75, 3.05) is 0 Å². The van der Waals surface area contributed by atoms with Crippen LogP contribution in [-0.4, -0.2) is 11.6 Å². The topological polar surface area (TPSA) is 52.0 Å². The van der Waals surface area contributed by atoms with Gasteiger partial charge in [0, 0.05) is 11.6 Å². The molecule has 130 valence electrons. The number of hydrogen-bond donors (Lipinski definition) is 2. The van der Waals surface area contributed by atoms with Gasteiger partial charge >= 0.3 is 12.4 Å². The molecule has 2 unspecified atom stereocenters. The molecule has 2 atom stereocenters. The molecule has 23 heavy (non-hydrogen) atoms. The SMILES string of the molecule is NC1CCCCC1(N)Cc1ccc(C(F)(F)F)cc1C(F)(F)F. The zero-order chi connectivity index (χ0) is 17.5. The van der Waals surface area contributed by atoms with E-state index in [9.17, 15) is 26.3 Å². The van der Waals surface area contributed by atoms with Gasteiger partial charge in [-0.25, -0.2) is 0 Å². The molecule has 2 nitrogen and oxygen atoms in total. The van der Waals surface area contributed by atoms with Crippen LogP contribution in [0.2, 0.25) is 0 Å². The molecule has 1 saturated carbocycles. The monoisotopic (exact) mass is 340 g/mol. The van der Waals surface area contributed by atoms with E-state index < -0.39 is 35.1 Å². The van der Waals surface area contributed by atoms with Crippen LogP contribution >= 0.6 is 0 Å². The number of halogens is 6. The summed E-state index contributed by atoms with van der Waals surface area (Å²) >= 11 is 0. The first-order chi connectivity index (χ1) is 10.4. The van der Waals surface area contributed by atoms with Gasteiger partial charge in [0.15, 0.2) is 0 Å². The maximum atomic E-state index is 13.2. The van der Waals surface area contributed by atoms with E-state index in [1.165, 1.54) is 0 Å². The Labute approximate surface area is 129 Å². The molecule has 1 aromatic carbocycles. The molecule has 0 aromatic heterocycles. The first kappa shape index (κ1) is 18.1. The van der Waals surface area contributed by atoms with Gasteiger partial charge in [-0.05, 0) is 37.0 Å². The van der Waals surface area contributed by atoms with Gasteiger partial charge in [0.1, 0.15) is 0 Å². The molecule has 1 aromatic rings. The molecule has 0 saturated heterocycles. The minimum Gasteiger partial charge on any atom is -0.326 e. The molecule has 8 heteroatoms. The highest BCUT2D eigenvalue weighted by atomic mass is 19.4. The lowest BCUT2D eigenvalue weighted by atomic mass is 9.74. The van der Waals surface area contributed by atoms with Crippen LogP contribution in [0.25, 0.3) is 0 Å². The predicted molar refractivity (Wildman–Crippen MR) is 73.5 cm³/mol. The van der Waals surface area contributed by atoms with E-state index in [0.29, 0.717) is 18.9 Å². The van der Waals surface area contributed by atoms with Crippen molar-refractivity contribution in [1.29, 1.82) is 0 Å². The molecule has 0 spiro atoms. The Hall–Kier alpha value is -1.28. The van der Waals surface area contributed by atoms with Crippen molar-refractivity contribution in [3.63, 3.8) is 0 Å². The average molecular weight is 340 g/mol. The van der Waals surface area contributed by atoms with Crippen LogP contribution in [0.3, 0.4) is 0 Å². The van der Waals surface area contributed by atoms with E-state index in [0.717, 1.165) is 18.9 Å². The fourth-order valence-electron chi connectivity index (χ4n) is 3.04. The summed E-state index contributed by atoms with van der Waals surface area (Å²) < 4.78 is 77.5. The first-order valence-electron chi connectivity index (χ1n) is 7.25. The second-order valence-electron chi connectivity index (χ2n) is 6.13. The van der Waals surface area contributed by atoms with Crippen molar-refractivity contribution in [3.8, 4) is 0 Å². The summed E-state index contributed by atoms with van der Waals surface area (Å²) in [6, 6.07) is 1.19. The van der Waals surface area contributed by atoms with E-state index in [4.69, 9.17) is 11.5 Å². The third-order valence-corrected chi connectivity index (χ3v) is 4.41. The summed E-state index contributed by atoms with van der Waals surface area (Å²) in [7, 11) is 0. The lowest BCUT2D eigenvalue weighted by molar-refractivity contribution is -0.143. The van der Waals surface area contributed by atoms with E-state index in [-0.39, 0.29) is 18.1 Å². The van der Waals surface area contributed by atoms with Crippen LogP contribution in [0.1, 0.15) is 42.4 Å². The average Bonchev–Trinajstić information content (AvgIpc) is 2.40. The zero-order valence-electron chi connectivity index (χ0n) is 12.3. The van der Waals surface area contributed by atoms with Crippen molar-refractivity contribution < 1.29 is 26.3 Å². The van der Waals surface area contributed by atoms with Crippen LogP contribution in [0.4, 0.5) is 26.3 Å². The van der Waals surface area contributed by atoms with Crippen LogP contribution in [0.5, 0.6) is 0 Å². The van der Waals surface area contributed by atoms with Gasteiger partial charge < -0.3 is 11.5 Å². The fraction of sp³-hybridized carbons (Fsp3) is 0.600. The van der Waals surface area contributed by atoms with Crippen LogP contribution in [0, 0.1) is 0 Å². The van der Waals surface area contributed by atoms with Crippen LogP contribution in [0.15, 0.2) is 18.2 Å². The predicted octanol–water partition coefficient (Wildman–Crippen LogP) is 3.87. The molecular weight excluding hydrogens is 322 g/mol. The fourth-order valence-corrected chi connectivity index (χ4v) is 3.04. The molecule has 0 heterocycles. The minimum absolute atomic E-state index is 0.146. The second-order valence-corrected chi connectivity index (χ2v) is 6.13. The highest BCUT2D eigenvalue weighted by Gasteiger charge is 2.41. The minimum atomic E-state index is -4.88. The van der Waals surface area contributed by atoms with Crippen LogP contribution < -0.4 is 11.5 Å². The molecule has 1 fully saturated rings. The van der Waals surface area contributed by atoms with Crippen molar-refractivity contribution in [3.05, 3.63) is 34.9 Å². The number of rotatable bonds is 2. The Morgan fingerprint density at radius 3 is 2.22 bits per heavy atom. The quantitative estimate of drug-likeness (QED) is 0.803. The number of alkyl halides is 6. The smallest absolute Gasteiger partial charge is 0.326 e. The normalized spacial score (nSPS) is 26.3. The Morgan fingerprint density at radius 2 is 1.70 bits per heavy atom. The van der Waals surface area contributed by atoms with Gasteiger partial charge in [-0.2, -0.15) is 26.3 Å². The molecule has 1 aliphatic rings. The highest BCUT2D eigenvalue weighted by molar-refractivity contribution is 5.37. The Kier molecular flexibility index (Phi) is 4.69. The summed E-state index contributed by atoms with van der Waals surface area (Å²) in [6.07, 6.45) is -7.27. The number of hydrogen-bond acceptors (Lipinski definition) is 2. The van der Waals surface area contributed by atoms with Gasteiger partial charge in [-0.15, -0.1) is 0 Å². The van der Waals surface area contributed by atoms with E-state index in [2.05, 4.69) is 0 Å². The molecule has 0 bridgehead atoms.